The predicted octanol–water partition coefficient (Wildman–Crippen LogP) is 3.52. The molecule has 2 aromatic rings. The molecule has 1 unspecified atom stereocenters. The number of amides is 2. The second-order valence-corrected chi connectivity index (χ2v) is 5.99. The van der Waals surface area contributed by atoms with Crippen molar-refractivity contribution in [3.05, 3.63) is 52.2 Å². The first-order chi connectivity index (χ1) is 8.65. The number of nitrogens with one attached hydrogen (secondary N) is 1. The zero-order valence-electron chi connectivity index (χ0n) is 9.92. The summed E-state index contributed by atoms with van der Waals surface area (Å²) in [6.45, 7) is 2.05. The smallest absolute Gasteiger partial charge is 0.313 e. The molecule has 18 heavy (non-hydrogen) atoms. The Labute approximate surface area is 114 Å². The van der Waals surface area contributed by atoms with Crippen molar-refractivity contribution in [3.63, 3.8) is 0 Å². The first-order valence-corrected chi connectivity index (χ1v) is 7.24. The fourth-order valence-electron chi connectivity index (χ4n) is 1.48. The third-order valence-electron chi connectivity index (χ3n) is 2.35. The number of hydrogen-bond acceptors (Lipinski definition) is 3. The van der Waals surface area contributed by atoms with Crippen molar-refractivity contribution in [1.29, 1.82) is 0 Å². The lowest BCUT2D eigenvalue weighted by Gasteiger charge is -2.15. The van der Waals surface area contributed by atoms with E-state index in [9.17, 15) is 4.79 Å². The summed E-state index contributed by atoms with van der Waals surface area (Å²) < 4.78 is 0. The van der Waals surface area contributed by atoms with Crippen molar-refractivity contribution in [1.82, 2.24) is 5.32 Å². The average Bonchev–Trinajstić information content (AvgIpc) is 2.84. The van der Waals surface area contributed by atoms with Crippen LogP contribution < -0.4 is 11.1 Å². The lowest BCUT2D eigenvalue weighted by molar-refractivity contribution is 0.248. The Balaban J connectivity index is 2.15. The van der Waals surface area contributed by atoms with E-state index < -0.39 is 6.03 Å². The SMILES string of the molecule is Cc1ccc(SC(NC(N)=O)c2cccs2)cc1. The van der Waals surface area contributed by atoms with Gasteiger partial charge in [0.1, 0.15) is 5.37 Å². The minimum Gasteiger partial charge on any atom is -0.352 e. The molecule has 0 saturated heterocycles. The lowest BCUT2D eigenvalue weighted by Crippen LogP contribution is -2.31. The Morgan fingerprint density at radius 2 is 2.06 bits per heavy atom. The Hall–Kier alpha value is -1.46. The number of carbonyl (C=O) groups excluding carboxylic acids is 1. The quantitative estimate of drug-likeness (QED) is 0.664. The fraction of sp³-hybridized carbons (Fsp3) is 0.154. The molecule has 2 amide bonds. The molecule has 1 heterocycles. The summed E-state index contributed by atoms with van der Waals surface area (Å²) in [5.74, 6) is 0. The summed E-state index contributed by atoms with van der Waals surface area (Å²) in [5, 5.41) is 4.61. The van der Waals surface area contributed by atoms with Gasteiger partial charge in [0.05, 0.1) is 0 Å². The third kappa shape index (κ3) is 3.51. The topological polar surface area (TPSA) is 55.1 Å². The average molecular weight is 278 g/mol. The number of nitrogens with two attached hydrogens (primary N) is 1. The minimum absolute atomic E-state index is 0.134. The number of thiophene rings is 1. The van der Waals surface area contributed by atoms with E-state index in [1.807, 2.05) is 36.6 Å². The second kappa shape index (κ2) is 5.93. The van der Waals surface area contributed by atoms with Gasteiger partial charge in [-0.2, -0.15) is 0 Å². The molecule has 0 saturated carbocycles. The zero-order valence-corrected chi connectivity index (χ0v) is 11.6. The van der Waals surface area contributed by atoms with Crippen LogP contribution in [0, 0.1) is 6.92 Å². The van der Waals surface area contributed by atoms with Gasteiger partial charge in [-0.05, 0) is 30.5 Å². The molecule has 3 nitrogen and oxygen atoms in total. The van der Waals surface area contributed by atoms with Crippen LogP contribution in [0.5, 0.6) is 0 Å². The Morgan fingerprint density at radius 3 is 2.61 bits per heavy atom. The molecule has 0 aliphatic rings. The Morgan fingerprint density at radius 1 is 1.33 bits per heavy atom. The van der Waals surface area contributed by atoms with Crippen LogP contribution in [-0.2, 0) is 0 Å². The number of hydrogen-bond donors (Lipinski definition) is 2. The van der Waals surface area contributed by atoms with Gasteiger partial charge in [0.25, 0.3) is 0 Å². The molecule has 2 rings (SSSR count). The molecule has 0 aliphatic heterocycles. The molecule has 5 heteroatoms. The van der Waals surface area contributed by atoms with E-state index in [1.54, 1.807) is 23.1 Å². The first-order valence-electron chi connectivity index (χ1n) is 5.48. The van der Waals surface area contributed by atoms with E-state index in [0.717, 1.165) is 9.77 Å². The van der Waals surface area contributed by atoms with Crippen molar-refractivity contribution >= 4 is 29.1 Å². The highest BCUT2D eigenvalue weighted by molar-refractivity contribution is 7.99. The Kier molecular flexibility index (Phi) is 4.28. The van der Waals surface area contributed by atoms with E-state index >= 15 is 0 Å². The molecular formula is C13H14N2OS2. The van der Waals surface area contributed by atoms with E-state index in [2.05, 4.69) is 17.4 Å². The summed E-state index contributed by atoms with van der Waals surface area (Å²) in [6, 6.07) is 11.6. The van der Waals surface area contributed by atoms with Crippen LogP contribution in [0.15, 0.2) is 46.7 Å². The maximum atomic E-state index is 11.1. The van der Waals surface area contributed by atoms with Crippen molar-refractivity contribution in [2.45, 2.75) is 17.2 Å². The summed E-state index contributed by atoms with van der Waals surface area (Å²) >= 11 is 3.19. The minimum atomic E-state index is -0.506. The number of carbonyl (C=O) groups is 1. The molecule has 0 bridgehead atoms. The molecule has 3 N–H and O–H groups in total. The molecule has 0 fully saturated rings. The first kappa shape index (κ1) is 13.0. The van der Waals surface area contributed by atoms with Gasteiger partial charge in [0, 0.05) is 9.77 Å². The van der Waals surface area contributed by atoms with Gasteiger partial charge in [-0.15, -0.1) is 11.3 Å². The van der Waals surface area contributed by atoms with Crippen LogP contribution in [0.2, 0.25) is 0 Å². The predicted molar refractivity (Wildman–Crippen MR) is 76.8 cm³/mol. The largest absolute Gasteiger partial charge is 0.352 e. The standard InChI is InChI=1S/C13H14N2OS2/c1-9-4-6-10(7-5-9)18-12(15-13(14)16)11-3-2-8-17-11/h2-8,12H,1H3,(H3,14,15,16). The normalized spacial score (nSPS) is 12.1. The maximum absolute atomic E-state index is 11.1. The highest BCUT2D eigenvalue weighted by Gasteiger charge is 2.15. The van der Waals surface area contributed by atoms with Crippen molar-refractivity contribution in [2.24, 2.45) is 5.73 Å². The summed E-state index contributed by atoms with van der Waals surface area (Å²) in [4.78, 5) is 13.2. The summed E-state index contributed by atoms with van der Waals surface area (Å²) in [5.41, 5.74) is 6.44. The van der Waals surface area contributed by atoms with Gasteiger partial charge in [0.2, 0.25) is 0 Å². The lowest BCUT2D eigenvalue weighted by atomic mass is 10.2. The second-order valence-electron chi connectivity index (χ2n) is 3.83. The molecule has 1 atom stereocenters. The molecule has 94 valence electrons. The number of rotatable bonds is 4. The molecule has 1 aromatic heterocycles. The number of benzene rings is 1. The zero-order chi connectivity index (χ0) is 13.0. The molecule has 0 radical (unpaired) electrons. The number of aryl methyl sites for hydroxylation is 1. The van der Waals surface area contributed by atoms with Crippen LogP contribution in [0.4, 0.5) is 4.79 Å². The van der Waals surface area contributed by atoms with Crippen LogP contribution in [-0.4, -0.2) is 6.03 Å². The summed E-state index contributed by atoms with van der Waals surface area (Å²) in [7, 11) is 0. The number of thioether (sulfide) groups is 1. The van der Waals surface area contributed by atoms with Gasteiger partial charge in [-0.3, -0.25) is 0 Å². The maximum Gasteiger partial charge on any atom is 0.313 e. The van der Waals surface area contributed by atoms with E-state index in [1.165, 1.54) is 5.56 Å². The number of urea groups is 1. The van der Waals surface area contributed by atoms with E-state index in [0.29, 0.717) is 0 Å². The van der Waals surface area contributed by atoms with Gasteiger partial charge >= 0.3 is 6.03 Å². The van der Waals surface area contributed by atoms with Crippen LogP contribution in [0.25, 0.3) is 0 Å². The molecule has 0 spiro atoms. The van der Waals surface area contributed by atoms with Gasteiger partial charge in [-0.25, -0.2) is 4.79 Å². The highest BCUT2D eigenvalue weighted by Crippen LogP contribution is 2.35. The monoisotopic (exact) mass is 278 g/mol. The van der Waals surface area contributed by atoms with Gasteiger partial charge in [0.15, 0.2) is 0 Å². The molecule has 0 aliphatic carbocycles. The third-order valence-corrected chi connectivity index (χ3v) is 4.59. The van der Waals surface area contributed by atoms with Gasteiger partial charge in [-0.1, -0.05) is 35.5 Å². The Bertz CT molecular complexity index is 508. The van der Waals surface area contributed by atoms with E-state index in [4.69, 9.17) is 5.73 Å². The summed E-state index contributed by atoms with van der Waals surface area (Å²) in [6.07, 6.45) is 0. The van der Waals surface area contributed by atoms with Crippen molar-refractivity contribution < 1.29 is 4.79 Å². The fourth-order valence-corrected chi connectivity index (χ4v) is 3.38. The van der Waals surface area contributed by atoms with Crippen LogP contribution in [0.1, 0.15) is 15.8 Å². The molecule has 1 aromatic carbocycles. The number of primary amides is 1. The van der Waals surface area contributed by atoms with E-state index in [-0.39, 0.29) is 5.37 Å². The van der Waals surface area contributed by atoms with Gasteiger partial charge < -0.3 is 11.1 Å². The highest BCUT2D eigenvalue weighted by atomic mass is 32.2. The van der Waals surface area contributed by atoms with Crippen LogP contribution in [0.3, 0.4) is 0 Å². The van der Waals surface area contributed by atoms with Crippen molar-refractivity contribution in [3.8, 4) is 0 Å². The molecular weight excluding hydrogens is 264 g/mol. The van der Waals surface area contributed by atoms with Crippen molar-refractivity contribution in [2.75, 3.05) is 0 Å². The van der Waals surface area contributed by atoms with Crippen LogP contribution >= 0.6 is 23.1 Å².